The molecule has 0 fully saturated rings. The molecular formula is C19H16FNO5S. The highest BCUT2D eigenvalue weighted by Gasteiger charge is 2.24. The summed E-state index contributed by atoms with van der Waals surface area (Å²) < 4.78 is 29.6. The summed E-state index contributed by atoms with van der Waals surface area (Å²) in [6.07, 6.45) is 0. The van der Waals surface area contributed by atoms with Crippen molar-refractivity contribution in [1.82, 2.24) is 0 Å². The van der Waals surface area contributed by atoms with Crippen LogP contribution >= 0.6 is 11.8 Å². The van der Waals surface area contributed by atoms with Crippen LogP contribution in [-0.2, 0) is 27.5 Å². The van der Waals surface area contributed by atoms with Gasteiger partial charge in [-0.15, -0.1) is 11.8 Å². The first-order valence-electron chi connectivity index (χ1n) is 8.32. The highest BCUT2D eigenvalue weighted by Crippen LogP contribution is 2.36. The van der Waals surface area contributed by atoms with E-state index in [1.54, 1.807) is 18.2 Å². The molecule has 0 spiro atoms. The number of hydrogen-bond acceptors (Lipinski definition) is 6. The second-order valence-electron chi connectivity index (χ2n) is 6.20. The third-order valence-corrected chi connectivity index (χ3v) is 5.43. The van der Waals surface area contributed by atoms with E-state index >= 15 is 0 Å². The topological polar surface area (TPSA) is 73.9 Å². The Morgan fingerprint density at radius 2 is 2.22 bits per heavy atom. The molecule has 0 aromatic heterocycles. The van der Waals surface area contributed by atoms with Gasteiger partial charge in [0.2, 0.25) is 5.91 Å². The number of nitrogens with one attached hydrogen (secondary N) is 1. The fourth-order valence-electron chi connectivity index (χ4n) is 2.93. The van der Waals surface area contributed by atoms with Crippen LogP contribution in [0.15, 0.2) is 35.2 Å². The quantitative estimate of drug-likeness (QED) is 0.811. The van der Waals surface area contributed by atoms with Crippen LogP contribution in [0.4, 0.5) is 10.1 Å². The number of halogens is 1. The molecule has 6 nitrogen and oxygen atoms in total. The van der Waals surface area contributed by atoms with Gasteiger partial charge in [0.15, 0.2) is 6.79 Å². The zero-order chi connectivity index (χ0) is 19.0. The smallest absolute Gasteiger partial charge is 0.338 e. The van der Waals surface area contributed by atoms with Crippen molar-refractivity contribution in [2.24, 2.45) is 0 Å². The number of carbonyl (C=O) groups excluding carboxylic acids is 2. The largest absolute Gasteiger partial charge is 0.467 e. The van der Waals surface area contributed by atoms with Gasteiger partial charge in [0.05, 0.1) is 23.1 Å². The summed E-state index contributed by atoms with van der Waals surface area (Å²) in [6.45, 7) is 2.00. The Morgan fingerprint density at radius 1 is 1.37 bits per heavy atom. The molecule has 1 N–H and O–H groups in total. The molecule has 0 saturated carbocycles. The van der Waals surface area contributed by atoms with Crippen LogP contribution in [-0.4, -0.2) is 23.9 Å². The summed E-state index contributed by atoms with van der Waals surface area (Å²) in [5.74, 6) is -0.639. The average molecular weight is 389 g/mol. The van der Waals surface area contributed by atoms with E-state index in [9.17, 15) is 14.0 Å². The first kappa shape index (κ1) is 17.8. The van der Waals surface area contributed by atoms with E-state index in [0.29, 0.717) is 28.1 Å². The molecule has 0 saturated heterocycles. The van der Waals surface area contributed by atoms with Crippen molar-refractivity contribution in [3.63, 3.8) is 0 Å². The van der Waals surface area contributed by atoms with Gasteiger partial charge in [-0.1, -0.05) is 0 Å². The van der Waals surface area contributed by atoms with Gasteiger partial charge in [-0.3, -0.25) is 4.79 Å². The van der Waals surface area contributed by atoms with Crippen molar-refractivity contribution in [3.8, 4) is 5.75 Å². The Bertz CT molecular complexity index is 933. The lowest BCUT2D eigenvalue weighted by molar-refractivity contribution is -0.115. The van der Waals surface area contributed by atoms with E-state index in [1.165, 1.54) is 23.9 Å². The zero-order valence-corrected chi connectivity index (χ0v) is 15.2. The number of amides is 1. The number of ether oxygens (including phenoxy) is 3. The molecule has 8 heteroatoms. The fourth-order valence-corrected chi connectivity index (χ4v) is 3.86. The van der Waals surface area contributed by atoms with Crippen LogP contribution in [0.25, 0.3) is 0 Å². The van der Waals surface area contributed by atoms with Crippen molar-refractivity contribution in [2.75, 3.05) is 12.1 Å². The molecule has 0 bridgehead atoms. The van der Waals surface area contributed by atoms with Gasteiger partial charge in [0.25, 0.3) is 0 Å². The Labute approximate surface area is 159 Å². The van der Waals surface area contributed by atoms with Gasteiger partial charge in [-0.05, 0) is 37.3 Å². The number of carbonyl (C=O) groups is 2. The van der Waals surface area contributed by atoms with Crippen LogP contribution in [0.2, 0.25) is 0 Å². The van der Waals surface area contributed by atoms with Crippen LogP contribution in [0.1, 0.15) is 28.4 Å². The number of esters is 1. The summed E-state index contributed by atoms with van der Waals surface area (Å²) in [7, 11) is 0. The molecule has 27 heavy (non-hydrogen) atoms. The van der Waals surface area contributed by atoms with E-state index in [2.05, 4.69) is 5.32 Å². The molecule has 0 radical (unpaired) electrons. The molecule has 1 atom stereocenters. The first-order valence-corrected chi connectivity index (χ1v) is 9.20. The SMILES string of the molecule is C[C@@H]1Sc2ccc(C(=O)OCc3cc(F)cc4c3OCOC4)cc2NC1=O. The van der Waals surface area contributed by atoms with E-state index in [0.717, 1.165) is 4.90 Å². The third-order valence-electron chi connectivity index (χ3n) is 4.26. The fraction of sp³-hybridized carbons (Fsp3) is 0.263. The lowest BCUT2D eigenvalue weighted by atomic mass is 10.1. The van der Waals surface area contributed by atoms with Crippen LogP contribution in [0.3, 0.4) is 0 Å². The van der Waals surface area contributed by atoms with E-state index in [-0.39, 0.29) is 31.2 Å². The summed E-state index contributed by atoms with van der Waals surface area (Å²) in [6, 6.07) is 7.62. The Hall–Kier alpha value is -2.58. The molecular weight excluding hydrogens is 373 g/mol. The van der Waals surface area contributed by atoms with Gasteiger partial charge in [-0.2, -0.15) is 0 Å². The van der Waals surface area contributed by atoms with Crippen LogP contribution in [0, 0.1) is 5.82 Å². The second-order valence-corrected chi connectivity index (χ2v) is 7.58. The maximum atomic E-state index is 13.8. The maximum absolute atomic E-state index is 13.8. The second kappa shape index (κ2) is 7.21. The lowest BCUT2D eigenvalue weighted by Gasteiger charge is -2.22. The molecule has 0 aliphatic carbocycles. The Balaban J connectivity index is 1.50. The molecule has 2 aliphatic heterocycles. The van der Waals surface area contributed by atoms with E-state index in [1.807, 2.05) is 6.92 Å². The summed E-state index contributed by atoms with van der Waals surface area (Å²) >= 11 is 1.43. The van der Waals surface area contributed by atoms with Crippen molar-refractivity contribution in [1.29, 1.82) is 0 Å². The zero-order valence-electron chi connectivity index (χ0n) is 14.4. The molecule has 1 amide bonds. The Kier molecular flexibility index (Phi) is 4.75. The monoisotopic (exact) mass is 389 g/mol. The molecule has 2 heterocycles. The molecule has 4 rings (SSSR count). The van der Waals surface area contributed by atoms with Crippen LogP contribution in [0.5, 0.6) is 5.75 Å². The number of anilines is 1. The molecule has 2 aromatic rings. The molecule has 140 valence electrons. The van der Waals surface area contributed by atoms with Crippen LogP contribution < -0.4 is 10.1 Å². The number of rotatable bonds is 3. The van der Waals surface area contributed by atoms with E-state index < -0.39 is 11.8 Å². The summed E-state index contributed by atoms with van der Waals surface area (Å²) in [4.78, 5) is 25.1. The minimum Gasteiger partial charge on any atom is -0.467 e. The van der Waals surface area contributed by atoms with Crippen molar-refractivity contribution >= 4 is 29.3 Å². The van der Waals surface area contributed by atoms with Gasteiger partial charge in [-0.25, -0.2) is 9.18 Å². The molecule has 2 aliphatic rings. The highest BCUT2D eigenvalue weighted by atomic mass is 32.2. The van der Waals surface area contributed by atoms with Crippen molar-refractivity contribution in [3.05, 3.63) is 52.8 Å². The minimum absolute atomic E-state index is 0.0696. The van der Waals surface area contributed by atoms with Gasteiger partial charge in [0, 0.05) is 16.0 Å². The van der Waals surface area contributed by atoms with Crippen molar-refractivity contribution < 1.29 is 28.2 Å². The van der Waals surface area contributed by atoms with Gasteiger partial charge >= 0.3 is 5.97 Å². The minimum atomic E-state index is -0.569. The highest BCUT2D eigenvalue weighted by molar-refractivity contribution is 8.00. The van der Waals surface area contributed by atoms with Gasteiger partial charge < -0.3 is 19.5 Å². The number of hydrogen-bond donors (Lipinski definition) is 1. The lowest BCUT2D eigenvalue weighted by Crippen LogP contribution is -2.26. The van der Waals surface area contributed by atoms with Crippen molar-refractivity contribution in [2.45, 2.75) is 30.3 Å². The predicted octanol–water partition coefficient (Wildman–Crippen LogP) is 3.48. The molecule has 0 unspecified atom stereocenters. The average Bonchev–Trinajstić information content (AvgIpc) is 2.66. The third kappa shape index (κ3) is 3.63. The standard InChI is InChI=1S/C19H16FNO5S/c1-10-18(22)21-15-6-11(2-3-16(15)27-10)19(23)25-8-13-5-14(20)4-12-7-24-9-26-17(12)13/h2-6,10H,7-9H2,1H3,(H,21,22)/t10-/m0/s1. The number of fused-ring (bicyclic) bond motifs is 2. The van der Waals surface area contributed by atoms with Gasteiger partial charge in [0.1, 0.15) is 18.2 Å². The maximum Gasteiger partial charge on any atom is 0.338 e. The first-order chi connectivity index (χ1) is 13.0. The summed E-state index contributed by atoms with van der Waals surface area (Å²) in [5.41, 5.74) is 1.91. The number of benzene rings is 2. The Morgan fingerprint density at radius 3 is 3.07 bits per heavy atom. The molecule has 2 aromatic carbocycles. The van der Waals surface area contributed by atoms with E-state index in [4.69, 9.17) is 14.2 Å². The predicted molar refractivity (Wildman–Crippen MR) is 96.2 cm³/mol. The summed E-state index contributed by atoms with van der Waals surface area (Å²) in [5, 5.41) is 2.59. The normalized spacial score (nSPS) is 18.0. The number of thioether (sulfide) groups is 1.